The first kappa shape index (κ1) is 13.7. The van der Waals surface area contributed by atoms with E-state index in [0.29, 0.717) is 17.7 Å². The van der Waals surface area contributed by atoms with Gasteiger partial charge in [0.1, 0.15) is 29.0 Å². The number of carbonyl (C=O) groups excluding carboxylic acids is 1. The normalized spacial score (nSPS) is 29.6. The van der Waals surface area contributed by atoms with Crippen molar-refractivity contribution in [3.05, 3.63) is 41.1 Å². The predicted octanol–water partition coefficient (Wildman–Crippen LogP) is 0.571. The highest BCUT2D eigenvalue weighted by Crippen LogP contribution is 2.43. The van der Waals surface area contributed by atoms with E-state index in [-0.39, 0.29) is 23.1 Å². The quantitative estimate of drug-likeness (QED) is 0.775. The first-order valence-corrected chi connectivity index (χ1v) is 8.04. The Labute approximate surface area is 130 Å². The Morgan fingerprint density at radius 3 is 2.91 bits per heavy atom. The number of carbonyl (C=O) groups is 2. The number of β-lactam (4-membered cyclic amide) rings is 1. The van der Waals surface area contributed by atoms with Crippen LogP contribution in [0.25, 0.3) is 0 Å². The highest BCUT2D eigenvalue weighted by molar-refractivity contribution is 8.00. The van der Waals surface area contributed by atoms with E-state index in [4.69, 9.17) is 10.5 Å². The third-order valence-corrected chi connectivity index (χ3v) is 5.60. The van der Waals surface area contributed by atoms with Crippen molar-refractivity contribution in [3.63, 3.8) is 0 Å². The fourth-order valence-corrected chi connectivity index (χ4v) is 4.52. The zero-order chi connectivity index (χ0) is 15.4. The number of nitrogens with zero attached hydrogens (tertiary/aromatic N) is 1. The Balaban J connectivity index is 1.71. The molecule has 22 heavy (non-hydrogen) atoms. The monoisotopic (exact) mass is 318 g/mol. The second-order valence-electron chi connectivity index (χ2n) is 5.53. The zero-order valence-corrected chi connectivity index (χ0v) is 12.4. The molecule has 1 aromatic carbocycles. The Bertz CT molecular complexity index is 692. The number of carboxylic acids is 1. The zero-order valence-electron chi connectivity index (χ0n) is 11.6. The molecule has 0 unspecified atom stereocenters. The SMILES string of the molecule is N[C@@H]1C(=O)N2C(C(=O)O)=C([C@@H]3Cc4ccccc4O3)CS[C@H]12. The number of hydrogen-bond acceptors (Lipinski definition) is 5. The molecule has 0 spiro atoms. The van der Waals surface area contributed by atoms with Gasteiger partial charge in [-0.05, 0) is 11.6 Å². The number of rotatable bonds is 2. The summed E-state index contributed by atoms with van der Waals surface area (Å²) >= 11 is 1.50. The van der Waals surface area contributed by atoms with Crippen LogP contribution in [0.5, 0.6) is 5.75 Å². The Kier molecular flexibility index (Phi) is 2.95. The van der Waals surface area contributed by atoms with Crippen LogP contribution in [0.2, 0.25) is 0 Å². The maximum absolute atomic E-state index is 11.9. The molecule has 0 radical (unpaired) electrons. The summed E-state index contributed by atoms with van der Waals surface area (Å²) < 4.78 is 5.89. The number of hydrogen-bond donors (Lipinski definition) is 2. The average Bonchev–Trinajstić information content (AvgIpc) is 2.96. The minimum atomic E-state index is -1.10. The number of benzene rings is 1. The van der Waals surface area contributed by atoms with Gasteiger partial charge in [0, 0.05) is 17.7 Å². The van der Waals surface area contributed by atoms with Crippen molar-refractivity contribution in [2.75, 3.05) is 5.75 Å². The molecule has 7 heteroatoms. The largest absolute Gasteiger partial charge is 0.485 e. The molecule has 3 N–H and O–H groups in total. The van der Waals surface area contributed by atoms with Crippen molar-refractivity contribution in [1.29, 1.82) is 0 Å². The van der Waals surface area contributed by atoms with Crippen molar-refractivity contribution in [2.24, 2.45) is 5.73 Å². The number of fused-ring (bicyclic) bond motifs is 2. The fourth-order valence-electron chi connectivity index (χ4n) is 3.16. The van der Waals surface area contributed by atoms with Crippen LogP contribution >= 0.6 is 11.8 Å². The van der Waals surface area contributed by atoms with Crippen molar-refractivity contribution in [1.82, 2.24) is 4.90 Å². The van der Waals surface area contributed by atoms with E-state index in [1.807, 2.05) is 24.3 Å². The van der Waals surface area contributed by atoms with E-state index in [9.17, 15) is 14.7 Å². The number of amides is 1. The lowest BCUT2D eigenvalue weighted by Gasteiger charge is -2.48. The smallest absolute Gasteiger partial charge is 0.352 e. The van der Waals surface area contributed by atoms with Gasteiger partial charge in [-0.15, -0.1) is 11.8 Å². The van der Waals surface area contributed by atoms with E-state index < -0.39 is 12.0 Å². The van der Waals surface area contributed by atoms with Crippen LogP contribution < -0.4 is 10.5 Å². The van der Waals surface area contributed by atoms with Crippen molar-refractivity contribution >= 4 is 23.6 Å². The molecule has 0 bridgehead atoms. The number of ether oxygens (including phenoxy) is 1. The van der Waals surface area contributed by atoms with Gasteiger partial charge < -0.3 is 15.6 Å². The summed E-state index contributed by atoms with van der Waals surface area (Å²) in [5.41, 5.74) is 7.51. The number of aliphatic carboxylic acids is 1. The predicted molar refractivity (Wildman–Crippen MR) is 80.3 cm³/mol. The second kappa shape index (κ2) is 4.76. The van der Waals surface area contributed by atoms with E-state index >= 15 is 0 Å². The molecule has 3 aliphatic heterocycles. The highest BCUT2D eigenvalue weighted by Gasteiger charge is 2.53. The summed E-state index contributed by atoms with van der Waals surface area (Å²) in [7, 11) is 0. The fraction of sp³-hybridized carbons (Fsp3) is 0.333. The molecule has 3 heterocycles. The summed E-state index contributed by atoms with van der Waals surface area (Å²) in [6.45, 7) is 0. The summed E-state index contributed by atoms with van der Waals surface area (Å²) in [4.78, 5) is 24.9. The number of thioether (sulfide) groups is 1. The van der Waals surface area contributed by atoms with E-state index in [1.54, 1.807) is 0 Å². The van der Waals surface area contributed by atoms with Gasteiger partial charge in [0.2, 0.25) is 5.91 Å². The molecule has 3 aliphatic rings. The van der Waals surface area contributed by atoms with Crippen LogP contribution in [-0.2, 0) is 16.0 Å². The molecule has 0 aromatic heterocycles. The number of nitrogens with two attached hydrogens (primary N) is 1. The standard InChI is InChI=1S/C15H14N2O4S/c16-11-13(18)17-12(15(19)20)8(6-22-14(11)17)10-5-7-3-1-2-4-9(7)21-10/h1-4,10-11,14H,5-6,16H2,(H,19,20)/t10-,11+,14+/m0/s1. The first-order valence-electron chi connectivity index (χ1n) is 6.99. The van der Waals surface area contributed by atoms with E-state index in [2.05, 4.69) is 0 Å². The molecule has 0 aliphatic carbocycles. The van der Waals surface area contributed by atoms with E-state index in [0.717, 1.165) is 11.3 Å². The number of para-hydroxylation sites is 1. The van der Waals surface area contributed by atoms with E-state index in [1.165, 1.54) is 16.7 Å². The summed E-state index contributed by atoms with van der Waals surface area (Å²) in [5, 5.41) is 9.28. The minimum Gasteiger partial charge on any atom is -0.485 e. The third kappa shape index (κ3) is 1.79. The van der Waals surface area contributed by atoms with Gasteiger partial charge in [-0.1, -0.05) is 18.2 Å². The molecule has 1 saturated heterocycles. The maximum atomic E-state index is 11.9. The lowest BCUT2D eigenvalue weighted by molar-refractivity contribution is -0.148. The maximum Gasteiger partial charge on any atom is 0.352 e. The third-order valence-electron chi connectivity index (χ3n) is 4.28. The highest BCUT2D eigenvalue weighted by atomic mass is 32.2. The molecule has 3 atom stereocenters. The molecule has 0 saturated carbocycles. The second-order valence-corrected chi connectivity index (χ2v) is 6.64. The molecular weight excluding hydrogens is 304 g/mol. The van der Waals surface area contributed by atoms with Crippen LogP contribution in [-0.4, -0.2) is 45.2 Å². The summed E-state index contributed by atoms with van der Waals surface area (Å²) in [6.07, 6.45) is 0.295. The first-order chi connectivity index (χ1) is 10.6. The summed E-state index contributed by atoms with van der Waals surface area (Å²) in [5.74, 6) is -0.131. The van der Waals surface area contributed by atoms with Crippen LogP contribution in [0.1, 0.15) is 5.56 Å². The molecule has 1 amide bonds. The molecular formula is C15H14N2O4S. The average molecular weight is 318 g/mol. The van der Waals surface area contributed by atoms with Gasteiger partial charge in [0.15, 0.2) is 0 Å². The van der Waals surface area contributed by atoms with Gasteiger partial charge in [0.05, 0.1) is 0 Å². The van der Waals surface area contributed by atoms with Crippen LogP contribution in [0.3, 0.4) is 0 Å². The Hall–Kier alpha value is -1.99. The number of carboxylic acid groups (broad SMARTS) is 1. The summed E-state index contributed by atoms with van der Waals surface area (Å²) in [6, 6.07) is 7.06. The van der Waals surface area contributed by atoms with Crippen LogP contribution in [0.4, 0.5) is 0 Å². The van der Waals surface area contributed by atoms with Crippen molar-refractivity contribution < 1.29 is 19.4 Å². The molecule has 6 nitrogen and oxygen atoms in total. The van der Waals surface area contributed by atoms with Gasteiger partial charge in [-0.2, -0.15) is 0 Å². The lowest BCUT2D eigenvalue weighted by atomic mass is 9.98. The van der Waals surface area contributed by atoms with Gasteiger partial charge in [0.25, 0.3) is 0 Å². The Morgan fingerprint density at radius 2 is 2.18 bits per heavy atom. The topological polar surface area (TPSA) is 92.9 Å². The Morgan fingerprint density at radius 1 is 1.41 bits per heavy atom. The lowest BCUT2D eigenvalue weighted by Crippen LogP contribution is -2.68. The van der Waals surface area contributed by atoms with Crippen LogP contribution in [0, 0.1) is 0 Å². The van der Waals surface area contributed by atoms with Crippen molar-refractivity contribution in [3.8, 4) is 5.75 Å². The minimum absolute atomic E-state index is 0.0493. The molecule has 114 valence electrons. The van der Waals surface area contributed by atoms with Gasteiger partial charge >= 0.3 is 5.97 Å². The van der Waals surface area contributed by atoms with Gasteiger partial charge in [-0.25, -0.2) is 4.79 Å². The van der Waals surface area contributed by atoms with Gasteiger partial charge in [-0.3, -0.25) is 9.69 Å². The van der Waals surface area contributed by atoms with Crippen LogP contribution in [0.15, 0.2) is 35.5 Å². The molecule has 1 fully saturated rings. The molecule has 4 rings (SSSR count). The van der Waals surface area contributed by atoms with Crippen molar-refractivity contribution in [2.45, 2.75) is 23.9 Å². The molecule has 1 aromatic rings.